The minimum Gasteiger partial charge on any atom is -0.352 e. The highest BCUT2D eigenvalue weighted by molar-refractivity contribution is 7.91. The second kappa shape index (κ2) is 7.50. The fourth-order valence-electron chi connectivity index (χ4n) is 3.22. The molecule has 0 spiro atoms. The molecule has 2 aromatic rings. The van der Waals surface area contributed by atoms with Crippen LogP contribution in [0.25, 0.3) is 0 Å². The van der Waals surface area contributed by atoms with E-state index in [1.165, 1.54) is 21.2 Å². The molecule has 26 heavy (non-hydrogen) atoms. The summed E-state index contributed by atoms with van der Waals surface area (Å²) in [5.74, 6) is -0.0934. The molecule has 1 atom stereocenters. The lowest BCUT2D eigenvalue weighted by atomic mass is 9.82. The fraction of sp³-hybridized carbons (Fsp3) is 0.421. The Labute approximate surface area is 159 Å². The van der Waals surface area contributed by atoms with Crippen LogP contribution in [0.3, 0.4) is 0 Å². The van der Waals surface area contributed by atoms with Crippen molar-refractivity contribution in [3.8, 4) is 0 Å². The van der Waals surface area contributed by atoms with Gasteiger partial charge in [0.15, 0.2) is 0 Å². The van der Waals surface area contributed by atoms with E-state index in [1.54, 1.807) is 17.5 Å². The summed E-state index contributed by atoms with van der Waals surface area (Å²) in [6.07, 6.45) is 1.36. The summed E-state index contributed by atoms with van der Waals surface area (Å²) in [6.45, 7) is 5.00. The zero-order chi connectivity index (χ0) is 18.8. The van der Waals surface area contributed by atoms with Crippen molar-refractivity contribution in [1.82, 2.24) is 9.62 Å². The lowest BCUT2D eigenvalue weighted by molar-refractivity contribution is -0.132. The largest absolute Gasteiger partial charge is 0.352 e. The molecule has 1 aliphatic rings. The number of carbonyl (C=O) groups excluding carboxylic acids is 1. The topological polar surface area (TPSA) is 66.5 Å². The van der Waals surface area contributed by atoms with Crippen molar-refractivity contribution in [2.24, 2.45) is 5.41 Å². The summed E-state index contributed by atoms with van der Waals surface area (Å²) in [6, 6.07) is 11.4. The molecule has 1 aliphatic heterocycles. The van der Waals surface area contributed by atoms with Crippen LogP contribution in [-0.4, -0.2) is 31.7 Å². The molecule has 0 radical (unpaired) electrons. The van der Waals surface area contributed by atoms with Crippen LogP contribution >= 0.6 is 11.3 Å². The molecule has 1 N–H and O–H groups in total. The number of nitrogens with zero attached hydrogens (tertiary/aromatic N) is 1. The Kier molecular flexibility index (Phi) is 5.50. The van der Waals surface area contributed by atoms with Crippen LogP contribution in [-0.2, 0) is 21.4 Å². The zero-order valence-electron chi connectivity index (χ0n) is 15.1. The van der Waals surface area contributed by atoms with Crippen molar-refractivity contribution in [3.63, 3.8) is 0 Å². The van der Waals surface area contributed by atoms with Crippen LogP contribution in [0.5, 0.6) is 0 Å². The van der Waals surface area contributed by atoms with Crippen LogP contribution in [0.4, 0.5) is 0 Å². The van der Waals surface area contributed by atoms with Crippen molar-refractivity contribution >= 4 is 27.3 Å². The molecule has 7 heteroatoms. The van der Waals surface area contributed by atoms with E-state index < -0.39 is 15.4 Å². The molecule has 5 nitrogen and oxygen atoms in total. The maximum Gasteiger partial charge on any atom is 0.252 e. The first kappa shape index (κ1) is 19.1. The van der Waals surface area contributed by atoms with Crippen LogP contribution in [0, 0.1) is 12.3 Å². The third-order valence-electron chi connectivity index (χ3n) is 4.87. The fourth-order valence-corrected chi connectivity index (χ4v) is 5.97. The summed E-state index contributed by atoms with van der Waals surface area (Å²) >= 11 is 1.21. The Hall–Kier alpha value is -1.70. The third kappa shape index (κ3) is 4.00. The average Bonchev–Trinajstić information content (AvgIpc) is 3.16. The normalized spacial score (nSPS) is 21.5. The molecule has 3 rings (SSSR count). The summed E-state index contributed by atoms with van der Waals surface area (Å²) < 4.78 is 27.3. The number of hydrogen-bond acceptors (Lipinski definition) is 4. The molecule has 0 unspecified atom stereocenters. The van der Waals surface area contributed by atoms with E-state index in [4.69, 9.17) is 0 Å². The van der Waals surface area contributed by atoms with Gasteiger partial charge in [-0.25, -0.2) is 8.42 Å². The number of aryl methyl sites for hydroxylation is 1. The Morgan fingerprint density at radius 3 is 2.65 bits per heavy atom. The number of rotatable bonds is 5. The Balaban J connectivity index is 1.68. The van der Waals surface area contributed by atoms with Crippen LogP contribution in [0.2, 0.25) is 0 Å². The SMILES string of the molecule is Cc1ccc(CNC(=O)[C@]2(C)CCCN(S(=O)(=O)c3cccs3)C2)cc1. The molecule has 0 bridgehead atoms. The van der Waals surface area contributed by atoms with E-state index in [-0.39, 0.29) is 12.5 Å². The molecular weight excluding hydrogens is 368 g/mol. The van der Waals surface area contributed by atoms with Gasteiger partial charge in [-0.15, -0.1) is 11.3 Å². The number of benzene rings is 1. The second-order valence-electron chi connectivity index (χ2n) is 7.10. The molecule has 2 heterocycles. The van der Waals surface area contributed by atoms with Crippen molar-refractivity contribution < 1.29 is 13.2 Å². The molecule has 1 amide bonds. The van der Waals surface area contributed by atoms with Gasteiger partial charge in [0.1, 0.15) is 4.21 Å². The molecule has 0 aliphatic carbocycles. The maximum absolute atomic E-state index is 12.8. The average molecular weight is 393 g/mol. The molecule has 1 saturated heterocycles. The standard InChI is InChI=1S/C19H24N2O3S2/c1-15-6-8-16(9-7-15)13-20-18(22)19(2)10-4-11-21(14-19)26(23,24)17-5-3-12-25-17/h3,5-9,12H,4,10-11,13-14H2,1-2H3,(H,20,22)/t19-/m1/s1. The van der Waals surface area contributed by atoms with Gasteiger partial charge in [0.25, 0.3) is 10.0 Å². The highest BCUT2D eigenvalue weighted by Gasteiger charge is 2.42. The van der Waals surface area contributed by atoms with E-state index >= 15 is 0 Å². The van der Waals surface area contributed by atoms with E-state index in [2.05, 4.69) is 5.32 Å². The Morgan fingerprint density at radius 2 is 2.00 bits per heavy atom. The van der Waals surface area contributed by atoms with E-state index in [0.29, 0.717) is 30.1 Å². The summed E-state index contributed by atoms with van der Waals surface area (Å²) in [7, 11) is -3.52. The van der Waals surface area contributed by atoms with E-state index in [0.717, 1.165) is 5.56 Å². The first-order chi connectivity index (χ1) is 12.3. The lowest BCUT2D eigenvalue weighted by Crippen LogP contribution is -2.51. The molecule has 140 valence electrons. The van der Waals surface area contributed by atoms with Gasteiger partial charge in [0, 0.05) is 19.6 Å². The maximum atomic E-state index is 12.8. The van der Waals surface area contributed by atoms with Crippen molar-refractivity contribution in [2.45, 2.75) is 37.4 Å². The number of hydrogen-bond donors (Lipinski definition) is 1. The Morgan fingerprint density at radius 1 is 1.27 bits per heavy atom. The van der Waals surface area contributed by atoms with Gasteiger partial charge in [-0.3, -0.25) is 4.79 Å². The van der Waals surface area contributed by atoms with Crippen LogP contribution in [0.1, 0.15) is 30.9 Å². The molecule has 1 aromatic heterocycles. The highest BCUT2D eigenvalue weighted by atomic mass is 32.2. The number of amides is 1. The van der Waals surface area contributed by atoms with Gasteiger partial charge in [0.05, 0.1) is 5.41 Å². The second-order valence-corrected chi connectivity index (χ2v) is 10.2. The number of nitrogens with one attached hydrogen (secondary N) is 1. The van der Waals surface area contributed by atoms with Crippen LogP contribution in [0.15, 0.2) is 46.0 Å². The lowest BCUT2D eigenvalue weighted by Gasteiger charge is -2.38. The minimum atomic E-state index is -3.52. The summed E-state index contributed by atoms with van der Waals surface area (Å²) in [4.78, 5) is 12.8. The van der Waals surface area contributed by atoms with Gasteiger partial charge >= 0.3 is 0 Å². The minimum absolute atomic E-state index is 0.0934. The van der Waals surface area contributed by atoms with Gasteiger partial charge in [-0.1, -0.05) is 35.9 Å². The van der Waals surface area contributed by atoms with Crippen molar-refractivity contribution in [3.05, 3.63) is 52.9 Å². The summed E-state index contributed by atoms with van der Waals surface area (Å²) in [5.41, 5.74) is 1.49. The van der Waals surface area contributed by atoms with Gasteiger partial charge in [0.2, 0.25) is 5.91 Å². The predicted octanol–water partition coefficient (Wildman–Crippen LogP) is 3.16. The molecule has 1 aromatic carbocycles. The highest BCUT2D eigenvalue weighted by Crippen LogP contribution is 2.33. The number of thiophene rings is 1. The van der Waals surface area contributed by atoms with E-state index in [1.807, 2.05) is 38.1 Å². The number of carbonyl (C=O) groups is 1. The Bertz CT molecular complexity index is 861. The first-order valence-corrected chi connectivity index (χ1v) is 11.0. The molecular formula is C19H24N2O3S2. The van der Waals surface area contributed by atoms with Gasteiger partial charge < -0.3 is 5.32 Å². The molecule has 0 saturated carbocycles. The van der Waals surface area contributed by atoms with Crippen LogP contribution < -0.4 is 5.32 Å². The first-order valence-electron chi connectivity index (χ1n) is 8.69. The van der Waals surface area contributed by atoms with Gasteiger partial charge in [-0.2, -0.15) is 4.31 Å². The van der Waals surface area contributed by atoms with E-state index in [9.17, 15) is 13.2 Å². The zero-order valence-corrected chi connectivity index (χ0v) is 16.7. The monoisotopic (exact) mass is 392 g/mol. The smallest absolute Gasteiger partial charge is 0.252 e. The number of piperidine rings is 1. The summed E-state index contributed by atoms with van der Waals surface area (Å²) in [5, 5.41) is 4.73. The van der Waals surface area contributed by atoms with Crippen molar-refractivity contribution in [1.29, 1.82) is 0 Å². The predicted molar refractivity (Wildman–Crippen MR) is 103 cm³/mol. The van der Waals surface area contributed by atoms with Crippen molar-refractivity contribution in [2.75, 3.05) is 13.1 Å². The molecule has 1 fully saturated rings. The third-order valence-corrected chi connectivity index (χ3v) is 8.09. The van der Waals surface area contributed by atoms with Gasteiger partial charge in [-0.05, 0) is 43.7 Å². The quantitative estimate of drug-likeness (QED) is 0.850. The number of sulfonamides is 1.